The Balaban J connectivity index is 0.000000606. The van der Waals surface area contributed by atoms with Crippen molar-refractivity contribution in [1.29, 1.82) is 0 Å². The number of pyridine rings is 1. The second kappa shape index (κ2) is 5.91. The molecule has 0 spiro atoms. The van der Waals surface area contributed by atoms with Gasteiger partial charge in [0.2, 0.25) is 0 Å². The Bertz CT molecular complexity index is 436. The third-order valence-electron chi connectivity index (χ3n) is 2.24. The van der Waals surface area contributed by atoms with E-state index < -0.39 is 0 Å². The van der Waals surface area contributed by atoms with Crippen LogP contribution in [0.15, 0.2) is 42.7 Å². The van der Waals surface area contributed by atoms with E-state index in [-0.39, 0.29) is 0 Å². The van der Waals surface area contributed by atoms with Crippen LogP contribution in [0.25, 0.3) is 11.1 Å². The van der Waals surface area contributed by atoms with Crippen molar-refractivity contribution in [2.75, 3.05) is 5.73 Å². The maximum Gasteiger partial charge on any atom is 0.0317 e. The molecule has 0 amide bonds. The molecule has 2 rings (SSSR count). The van der Waals surface area contributed by atoms with Crippen molar-refractivity contribution in [1.82, 2.24) is 4.98 Å². The number of benzene rings is 1. The molecule has 2 heteroatoms. The van der Waals surface area contributed by atoms with Crippen LogP contribution in [-0.2, 0) is 0 Å². The fraction of sp³-hybridized carbons (Fsp3) is 0.214. The van der Waals surface area contributed by atoms with Gasteiger partial charge < -0.3 is 5.73 Å². The van der Waals surface area contributed by atoms with Gasteiger partial charge in [0, 0.05) is 18.1 Å². The van der Waals surface area contributed by atoms with Crippen molar-refractivity contribution in [3.63, 3.8) is 0 Å². The fourth-order valence-corrected chi connectivity index (χ4v) is 1.54. The first-order valence-electron chi connectivity index (χ1n) is 5.54. The Kier molecular flexibility index (Phi) is 4.52. The third-order valence-corrected chi connectivity index (χ3v) is 2.24. The van der Waals surface area contributed by atoms with Crippen molar-refractivity contribution in [3.8, 4) is 11.1 Å². The lowest BCUT2D eigenvalue weighted by molar-refractivity contribution is 1.32. The largest absolute Gasteiger partial charge is 0.399 e. The van der Waals surface area contributed by atoms with Gasteiger partial charge in [-0.15, -0.1) is 0 Å². The molecule has 16 heavy (non-hydrogen) atoms. The van der Waals surface area contributed by atoms with E-state index >= 15 is 0 Å². The number of hydrogen-bond acceptors (Lipinski definition) is 2. The number of anilines is 1. The van der Waals surface area contributed by atoms with Crippen LogP contribution in [0.4, 0.5) is 5.69 Å². The number of rotatable bonds is 1. The molecule has 0 aliphatic carbocycles. The van der Waals surface area contributed by atoms with E-state index in [0.717, 1.165) is 5.69 Å². The first-order chi connectivity index (χ1) is 7.77. The monoisotopic (exact) mass is 214 g/mol. The maximum absolute atomic E-state index is 5.69. The van der Waals surface area contributed by atoms with Gasteiger partial charge in [0.15, 0.2) is 0 Å². The van der Waals surface area contributed by atoms with Crippen LogP contribution in [0.5, 0.6) is 0 Å². The van der Waals surface area contributed by atoms with Crippen LogP contribution in [-0.4, -0.2) is 4.98 Å². The molecular weight excluding hydrogens is 196 g/mol. The zero-order chi connectivity index (χ0) is 12.0. The minimum absolute atomic E-state index is 0.806. The summed E-state index contributed by atoms with van der Waals surface area (Å²) in [5.74, 6) is 0. The molecule has 0 fully saturated rings. The fourth-order valence-electron chi connectivity index (χ4n) is 1.54. The maximum atomic E-state index is 5.69. The van der Waals surface area contributed by atoms with E-state index in [9.17, 15) is 0 Å². The van der Waals surface area contributed by atoms with Gasteiger partial charge in [0.05, 0.1) is 0 Å². The first kappa shape index (κ1) is 12.2. The lowest BCUT2D eigenvalue weighted by atomic mass is 10.0. The summed E-state index contributed by atoms with van der Waals surface area (Å²) in [6.07, 6.45) is 3.59. The molecule has 0 saturated carbocycles. The Hall–Kier alpha value is -1.83. The number of nitrogens with zero attached hydrogens (tertiary/aromatic N) is 1. The van der Waals surface area contributed by atoms with E-state index in [2.05, 4.69) is 11.9 Å². The second-order valence-electron chi connectivity index (χ2n) is 3.31. The molecule has 0 saturated heterocycles. The summed E-state index contributed by atoms with van der Waals surface area (Å²) in [5.41, 5.74) is 10.1. The Morgan fingerprint density at radius 1 is 1.00 bits per heavy atom. The summed E-state index contributed by atoms with van der Waals surface area (Å²) in [6.45, 7) is 6.06. The highest BCUT2D eigenvalue weighted by molar-refractivity contribution is 5.68. The van der Waals surface area contributed by atoms with E-state index in [1.807, 2.05) is 44.2 Å². The highest BCUT2D eigenvalue weighted by Crippen LogP contribution is 2.23. The minimum Gasteiger partial charge on any atom is -0.399 e. The molecule has 2 aromatic rings. The smallest absolute Gasteiger partial charge is 0.0317 e. The number of nitrogen functional groups attached to an aromatic ring is 1. The molecule has 84 valence electrons. The molecule has 0 atom stereocenters. The molecule has 1 aromatic heterocycles. The quantitative estimate of drug-likeness (QED) is 0.736. The van der Waals surface area contributed by atoms with Gasteiger partial charge in [-0.05, 0) is 47.9 Å². The molecule has 2 nitrogen and oxygen atoms in total. The number of nitrogens with two attached hydrogens (primary N) is 1. The van der Waals surface area contributed by atoms with Crippen molar-refractivity contribution in [3.05, 3.63) is 48.3 Å². The van der Waals surface area contributed by atoms with Gasteiger partial charge in [-0.25, -0.2) is 0 Å². The van der Waals surface area contributed by atoms with Gasteiger partial charge in [0.1, 0.15) is 0 Å². The Morgan fingerprint density at radius 2 is 1.62 bits per heavy atom. The SMILES string of the molecule is CC.Cc1cc(N)ccc1-c1ccncc1. The van der Waals surface area contributed by atoms with Gasteiger partial charge in [0.25, 0.3) is 0 Å². The summed E-state index contributed by atoms with van der Waals surface area (Å²) >= 11 is 0. The van der Waals surface area contributed by atoms with Crippen LogP contribution in [0.2, 0.25) is 0 Å². The summed E-state index contributed by atoms with van der Waals surface area (Å²) in [5, 5.41) is 0. The average Bonchev–Trinajstić information content (AvgIpc) is 2.33. The average molecular weight is 214 g/mol. The van der Waals surface area contributed by atoms with E-state index in [1.54, 1.807) is 12.4 Å². The van der Waals surface area contributed by atoms with Crippen LogP contribution in [0.3, 0.4) is 0 Å². The van der Waals surface area contributed by atoms with Gasteiger partial charge in [-0.2, -0.15) is 0 Å². The van der Waals surface area contributed by atoms with Gasteiger partial charge >= 0.3 is 0 Å². The van der Waals surface area contributed by atoms with Crippen molar-refractivity contribution in [2.24, 2.45) is 0 Å². The number of aromatic nitrogens is 1. The summed E-state index contributed by atoms with van der Waals surface area (Å²) in [4.78, 5) is 3.99. The summed E-state index contributed by atoms with van der Waals surface area (Å²) < 4.78 is 0. The zero-order valence-corrected chi connectivity index (χ0v) is 10.1. The Morgan fingerprint density at radius 3 is 2.19 bits per heavy atom. The van der Waals surface area contributed by atoms with E-state index in [1.165, 1.54) is 16.7 Å². The van der Waals surface area contributed by atoms with E-state index in [4.69, 9.17) is 5.73 Å². The van der Waals surface area contributed by atoms with E-state index in [0.29, 0.717) is 0 Å². The number of hydrogen-bond donors (Lipinski definition) is 1. The highest BCUT2D eigenvalue weighted by atomic mass is 14.6. The molecule has 0 aliphatic rings. The topological polar surface area (TPSA) is 38.9 Å². The molecule has 1 aromatic carbocycles. The molecule has 0 radical (unpaired) electrons. The highest BCUT2D eigenvalue weighted by Gasteiger charge is 2.00. The van der Waals surface area contributed by atoms with Crippen LogP contribution >= 0.6 is 0 Å². The lowest BCUT2D eigenvalue weighted by Crippen LogP contribution is -1.88. The first-order valence-corrected chi connectivity index (χ1v) is 5.54. The van der Waals surface area contributed by atoms with Gasteiger partial charge in [-0.1, -0.05) is 19.9 Å². The third kappa shape index (κ3) is 2.83. The minimum atomic E-state index is 0.806. The predicted molar refractivity (Wildman–Crippen MR) is 70.2 cm³/mol. The molecule has 2 N–H and O–H groups in total. The summed E-state index contributed by atoms with van der Waals surface area (Å²) in [6, 6.07) is 9.94. The van der Waals surface area contributed by atoms with Crippen LogP contribution in [0, 0.1) is 6.92 Å². The van der Waals surface area contributed by atoms with Crippen molar-refractivity contribution >= 4 is 5.69 Å². The number of aryl methyl sites for hydroxylation is 1. The Labute approximate surface area is 97.1 Å². The second-order valence-corrected chi connectivity index (χ2v) is 3.31. The molecule has 0 bridgehead atoms. The zero-order valence-electron chi connectivity index (χ0n) is 10.1. The van der Waals surface area contributed by atoms with Crippen molar-refractivity contribution < 1.29 is 0 Å². The standard InChI is InChI=1S/C12H12N2.C2H6/c1-9-8-11(13)2-3-12(9)10-4-6-14-7-5-10;1-2/h2-8H,13H2,1H3;1-2H3. The molecule has 1 heterocycles. The molecular formula is C14H18N2. The normalized spacial score (nSPS) is 9.19. The van der Waals surface area contributed by atoms with Crippen LogP contribution in [0.1, 0.15) is 19.4 Å². The van der Waals surface area contributed by atoms with Crippen LogP contribution < -0.4 is 5.73 Å². The lowest BCUT2D eigenvalue weighted by Gasteiger charge is -2.06. The van der Waals surface area contributed by atoms with Gasteiger partial charge in [-0.3, -0.25) is 4.98 Å². The molecule has 0 unspecified atom stereocenters. The van der Waals surface area contributed by atoms with Crippen molar-refractivity contribution in [2.45, 2.75) is 20.8 Å². The predicted octanol–water partition coefficient (Wildman–Crippen LogP) is 3.67. The summed E-state index contributed by atoms with van der Waals surface area (Å²) in [7, 11) is 0. The molecule has 0 aliphatic heterocycles.